The Hall–Kier alpha value is -2.15. The van der Waals surface area contributed by atoms with Crippen molar-refractivity contribution < 1.29 is 14.7 Å². The first-order chi connectivity index (χ1) is 10.0. The highest BCUT2D eigenvalue weighted by molar-refractivity contribution is 7.13. The van der Waals surface area contributed by atoms with Gasteiger partial charge in [-0.05, 0) is 25.5 Å². The van der Waals surface area contributed by atoms with Crippen molar-refractivity contribution >= 4 is 23.2 Å². The highest BCUT2D eigenvalue weighted by Crippen LogP contribution is 2.17. The molecule has 7 heteroatoms. The predicted octanol–water partition coefficient (Wildman–Crippen LogP) is 2.29. The van der Waals surface area contributed by atoms with E-state index in [1.165, 1.54) is 0 Å². The number of aryl methyl sites for hydroxylation is 2. The van der Waals surface area contributed by atoms with Gasteiger partial charge in [0.05, 0.1) is 12.2 Å². The van der Waals surface area contributed by atoms with Crippen LogP contribution in [0.5, 0.6) is 0 Å². The van der Waals surface area contributed by atoms with E-state index < -0.39 is 5.97 Å². The quantitative estimate of drug-likeness (QED) is 0.857. The first kappa shape index (κ1) is 15.2. The van der Waals surface area contributed by atoms with Crippen LogP contribution in [0.1, 0.15) is 44.2 Å². The van der Waals surface area contributed by atoms with Gasteiger partial charge in [0.25, 0.3) is 5.91 Å². The molecule has 1 amide bonds. The molecule has 0 atom stereocenters. The molecule has 6 nitrogen and oxygen atoms in total. The lowest BCUT2D eigenvalue weighted by molar-refractivity contribution is 0.0701. The number of carboxylic acid groups (broad SMARTS) is 1. The minimum absolute atomic E-state index is 0.182. The van der Waals surface area contributed by atoms with E-state index >= 15 is 0 Å². The van der Waals surface area contributed by atoms with E-state index in [1.807, 2.05) is 23.8 Å². The van der Waals surface area contributed by atoms with Gasteiger partial charge in [-0.25, -0.2) is 9.78 Å². The van der Waals surface area contributed by atoms with E-state index in [0.29, 0.717) is 16.4 Å². The minimum atomic E-state index is -0.987. The first-order valence-corrected chi connectivity index (χ1v) is 7.47. The Bertz CT molecular complexity index is 660. The fourth-order valence-corrected chi connectivity index (χ4v) is 2.87. The number of carbonyl (C=O) groups excluding carboxylic acids is 1. The zero-order valence-corrected chi connectivity index (χ0v) is 12.7. The van der Waals surface area contributed by atoms with Crippen LogP contribution in [0.3, 0.4) is 0 Å². The average Bonchev–Trinajstić information content (AvgIpc) is 3.03. The van der Waals surface area contributed by atoms with E-state index in [-0.39, 0.29) is 17.3 Å². The topological polar surface area (TPSA) is 84.2 Å². The Morgan fingerprint density at radius 1 is 1.48 bits per heavy atom. The molecule has 0 fully saturated rings. The molecule has 2 rings (SSSR count). The van der Waals surface area contributed by atoms with Crippen molar-refractivity contribution in [1.29, 1.82) is 0 Å². The first-order valence-electron chi connectivity index (χ1n) is 6.65. The van der Waals surface area contributed by atoms with Gasteiger partial charge in [-0.1, -0.05) is 6.92 Å². The zero-order chi connectivity index (χ0) is 15.4. The molecule has 0 spiro atoms. The van der Waals surface area contributed by atoms with Gasteiger partial charge in [-0.3, -0.25) is 4.79 Å². The van der Waals surface area contributed by atoms with Gasteiger partial charge >= 0.3 is 5.97 Å². The molecule has 2 heterocycles. The normalized spacial score (nSPS) is 10.6. The van der Waals surface area contributed by atoms with Gasteiger partial charge < -0.3 is 15.0 Å². The van der Waals surface area contributed by atoms with Crippen molar-refractivity contribution in [2.45, 2.75) is 33.4 Å². The summed E-state index contributed by atoms with van der Waals surface area (Å²) in [6.07, 6.45) is 2.82. The number of aromatic carboxylic acids is 1. The second kappa shape index (κ2) is 6.53. The largest absolute Gasteiger partial charge is 0.477 e. The molecular weight excluding hydrogens is 290 g/mol. The summed E-state index contributed by atoms with van der Waals surface area (Å²) in [5, 5.41) is 12.3. The molecule has 0 saturated carbocycles. The van der Waals surface area contributed by atoms with Crippen molar-refractivity contribution in [1.82, 2.24) is 14.9 Å². The standard InChI is InChI=1S/C14H17N3O3S/c1-3-6-17-7-4-5-10(17)13(18)15-8-11-16-9(2)12(21-11)14(19)20/h4-5,7H,3,6,8H2,1-2H3,(H,15,18)(H,19,20). The van der Waals surface area contributed by atoms with Crippen molar-refractivity contribution in [3.8, 4) is 0 Å². The van der Waals surface area contributed by atoms with Crippen LogP contribution in [-0.4, -0.2) is 26.5 Å². The second-order valence-corrected chi connectivity index (χ2v) is 5.68. The Morgan fingerprint density at radius 2 is 2.24 bits per heavy atom. The summed E-state index contributed by atoms with van der Waals surface area (Å²) in [7, 11) is 0. The predicted molar refractivity (Wildman–Crippen MR) is 79.7 cm³/mol. The maximum atomic E-state index is 12.1. The molecule has 0 unspecified atom stereocenters. The van der Waals surface area contributed by atoms with Gasteiger partial charge in [0.1, 0.15) is 15.6 Å². The molecule has 2 N–H and O–H groups in total. The molecule has 21 heavy (non-hydrogen) atoms. The maximum Gasteiger partial charge on any atom is 0.347 e. The molecule has 0 bridgehead atoms. The Kier molecular flexibility index (Phi) is 4.74. The van der Waals surface area contributed by atoms with Gasteiger partial charge in [-0.2, -0.15) is 0 Å². The highest BCUT2D eigenvalue weighted by Gasteiger charge is 2.15. The zero-order valence-electron chi connectivity index (χ0n) is 11.9. The lowest BCUT2D eigenvalue weighted by Gasteiger charge is -2.07. The molecule has 0 aliphatic carbocycles. The summed E-state index contributed by atoms with van der Waals surface area (Å²) < 4.78 is 1.89. The molecule has 0 radical (unpaired) electrons. The fraction of sp³-hybridized carbons (Fsp3) is 0.357. The Balaban J connectivity index is 2.02. The van der Waals surface area contributed by atoms with Crippen LogP contribution in [0.2, 0.25) is 0 Å². The van der Waals surface area contributed by atoms with Crippen molar-refractivity contribution in [3.63, 3.8) is 0 Å². The van der Waals surface area contributed by atoms with Crippen LogP contribution in [0, 0.1) is 6.92 Å². The van der Waals surface area contributed by atoms with E-state index in [1.54, 1.807) is 13.0 Å². The second-order valence-electron chi connectivity index (χ2n) is 4.60. The SMILES string of the molecule is CCCn1cccc1C(=O)NCc1nc(C)c(C(=O)O)s1. The van der Waals surface area contributed by atoms with Crippen molar-refractivity contribution in [2.75, 3.05) is 0 Å². The number of hydrogen-bond donors (Lipinski definition) is 2. The monoisotopic (exact) mass is 307 g/mol. The van der Waals surface area contributed by atoms with Crippen molar-refractivity contribution in [2.24, 2.45) is 0 Å². The van der Waals surface area contributed by atoms with Crippen LogP contribution < -0.4 is 5.32 Å². The van der Waals surface area contributed by atoms with Gasteiger partial charge in [0.15, 0.2) is 0 Å². The number of hydrogen-bond acceptors (Lipinski definition) is 4. The molecule has 2 aromatic heterocycles. The van der Waals surface area contributed by atoms with Gasteiger partial charge in [0.2, 0.25) is 0 Å². The van der Waals surface area contributed by atoms with E-state index in [2.05, 4.69) is 10.3 Å². The highest BCUT2D eigenvalue weighted by atomic mass is 32.1. The van der Waals surface area contributed by atoms with Crippen LogP contribution >= 0.6 is 11.3 Å². The number of carboxylic acids is 1. The lowest BCUT2D eigenvalue weighted by Crippen LogP contribution is -2.25. The van der Waals surface area contributed by atoms with E-state index in [0.717, 1.165) is 24.3 Å². The summed E-state index contributed by atoms with van der Waals surface area (Å²) in [6.45, 7) is 4.72. The lowest BCUT2D eigenvalue weighted by atomic mass is 10.3. The summed E-state index contributed by atoms with van der Waals surface area (Å²) in [6, 6.07) is 3.60. The smallest absolute Gasteiger partial charge is 0.347 e. The Labute approximate surface area is 126 Å². The Morgan fingerprint density at radius 3 is 2.86 bits per heavy atom. The average molecular weight is 307 g/mol. The molecular formula is C14H17N3O3S. The maximum absolute atomic E-state index is 12.1. The fourth-order valence-electron chi connectivity index (χ4n) is 2.03. The summed E-state index contributed by atoms with van der Waals surface area (Å²) in [5.41, 5.74) is 1.08. The van der Waals surface area contributed by atoms with Gasteiger partial charge in [-0.15, -0.1) is 11.3 Å². The summed E-state index contributed by atoms with van der Waals surface area (Å²) in [5.74, 6) is -1.17. The third-order valence-electron chi connectivity index (χ3n) is 2.96. The number of thiazole rings is 1. The van der Waals surface area contributed by atoms with Crippen LogP contribution in [-0.2, 0) is 13.1 Å². The van der Waals surface area contributed by atoms with Gasteiger partial charge in [0, 0.05) is 12.7 Å². The summed E-state index contributed by atoms with van der Waals surface area (Å²) >= 11 is 1.09. The number of rotatable bonds is 6. The third-order valence-corrected chi connectivity index (χ3v) is 4.11. The van der Waals surface area contributed by atoms with Crippen LogP contribution in [0.15, 0.2) is 18.3 Å². The van der Waals surface area contributed by atoms with Crippen LogP contribution in [0.4, 0.5) is 0 Å². The van der Waals surface area contributed by atoms with E-state index in [9.17, 15) is 9.59 Å². The molecule has 0 saturated heterocycles. The number of nitrogens with one attached hydrogen (secondary N) is 1. The molecule has 2 aromatic rings. The van der Waals surface area contributed by atoms with Crippen molar-refractivity contribution in [3.05, 3.63) is 39.6 Å². The molecule has 0 aliphatic heterocycles. The number of aromatic nitrogens is 2. The molecule has 0 aliphatic rings. The minimum Gasteiger partial charge on any atom is -0.477 e. The number of amides is 1. The molecule has 0 aromatic carbocycles. The van der Waals surface area contributed by atoms with E-state index in [4.69, 9.17) is 5.11 Å². The van der Waals surface area contributed by atoms with Crippen LogP contribution in [0.25, 0.3) is 0 Å². The number of nitrogens with zero attached hydrogens (tertiary/aromatic N) is 2. The number of carbonyl (C=O) groups is 2. The third kappa shape index (κ3) is 3.49. The molecule has 112 valence electrons. The summed E-state index contributed by atoms with van der Waals surface area (Å²) in [4.78, 5) is 27.5.